The minimum Gasteiger partial charge on any atom is -0.467 e. The van der Waals surface area contributed by atoms with Crippen molar-refractivity contribution in [2.45, 2.75) is 51.0 Å². The number of nitrogens with zero attached hydrogens (tertiary/aromatic N) is 2. The molecule has 136 valence electrons. The Morgan fingerprint density at radius 1 is 1.56 bits per heavy atom. The highest BCUT2D eigenvalue weighted by Crippen LogP contribution is 2.43. The van der Waals surface area contributed by atoms with Crippen LogP contribution in [0.5, 0.6) is 0 Å². The van der Waals surface area contributed by atoms with E-state index in [1.165, 1.54) is 12.3 Å². The second kappa shape index (κ2) is 6.45. The van der Waals surface area contributed by atoms with Gasteiger partial charge in [-0.1, -0.05) is 6.92 Å². The Kier molecular flexibility index (Phi) is 4.49. The highest BCUT2D eigenvalue weighted by Gasteiger charge is 2.47. The molecule has 2 aromatic heterocycles. The van der Waals surface area contributed by atoms with Crippen molar-refractivity contribution in [3.05, 3.63) is 35.9 Å². The summed E-state index contributed by atoms with van der Waals surface area (Å²) >= 11 is 0. The predicted molar refractivity (Wildman–Crippen MR) is 84.2 cm³/mol. The lowest BCUT2D eigenvalue weighted by molar-refractivity contribution is -0.174. The van der Waals surface area contributed by atoms with E-state index >= 15 is 0 Å². The summed E-state index contributed by atoms with van der Waals surface area (Å²) in [6.07, 6.45) is -2.63. The van der Waals surface area contributed by atoms with E-state index in [-0.39, 0.29) is 24.0 Å². The Labute approximate surface area is 142 Å². The third kappa shape index (κ3) is 3.49. The van der Waals surface area contributed by atoms with Gasteiger partial charge in [0.1, 0.15) is 11.6 Å². The third-order valence-corrected chi connectivity index (χ3v) is 4.30. The Morgan fingerprint density at radius 3 is 2.92 bits per heavy atom. The molecular weight excluding hydrogens is 337 g/mol. The van der Waals surface area contributed by atoms with Crippen LogP contribution in [-0.4, -0.2) is 27.9 Å². The summed E-state index contributed by atoms with van der Waals surface area (Å²) in [5.41, 5.74) is -0.0443. The highest BCUT2D eigenvalue weighted by atomic mass is 19.4. The van der Waals surface area contributed by atoms with Gasteiger partial charge in [-0.05, 0) is 25.5 Å². The highest BCUT2D eigenvalue weighted by molar-refractivity contribution is 5.93. The van der Waals surface area contributed by atoms with E-state index in [0.29, 0.717) is 12.2 Å². The number of furan rings is 1. The molecule has 3 heterocycles. The van der Waals surface area contributed by atoms with E-state index in [4.69, 9.17) is 4.42 Å². The molecule has 6 nitrogen and oxygen atoms in total. The predicted octanol–water partition coefficient (Wildman–Crippen LogP) is 3.66. The molecule has 1 aliphatic rings. The fourth-order valence-electron chi connectivity index (χ4n) is 2.76. The number of carbonyl (C=O) groups is 1. The average molecular weight is 356 g/mol. The molecule has 2 N–H and O–H groups in total. The Hall–Kier alpha value is -2.45. The van der Waals surface area contributed by atoms with Crippen molar-refractivity contribution in [3.63, 3.8) is 0 Å². The standard InChI is InChI=1S/C16H19F3N4O2/c1-3-9(2)20-15(24)11-8-14-21-10(12-5-4-6-25-12)7-13(16(17,18)19)23(14)22-11/h4-6,8-10,13,21H,3,7H2,1-2H3,(H,20,24)/t9-,10+,13-/m1/s1. The zero-order valence-electron chi connectivity index (χ0n) is 13.8. The first-order valence-electron chi connectivity index (χ1n) is 8.06. The number of halogens is 3. The lowest BCUT2D eigenvalue weighted by Crippen LogP contribution is -2.36. The maximum Gasteiger partial charge on any atom is 0.410 e. The second-order valence-electron chi connectivity index (χ2n) is 6.15. The maximum atomic E-state index is 13.5. The molecule has 0 fully saturated rings. The molecule has 0 aromatic carbocycles. The third-order valence-electron chi connectivity index (χ3n) is 4.30. The molecule has 9 heteroatoms. The van der Waals surface area contributed by atoms with Gasteiger partial charge in [-0.25, -0.2) is 4.68 Å². The van der Waals surface area contributed by atoms with Crippen LogP contribution in [0.1, 0.15) is 55.0 Å². The summed E-state index contributed by atoms with van der Waals surface area (Å²) < 4.78 is 46.5. The van der Waals surface area contributed by atoms with Crippen LogP contribution in [0.15, 0.2) is 28.9 Å². The molecule has 0 bridgehead atoms. The number of nitrogens with one attached hydrogen (secondary N) is 2. The van der Waals surface area contributed by atoms with Gasteiger partial charge in [0.15, 0.2) is 11.7 Å². The summed E-state index contributed by atoms with van der Waals surface area (Å²) in [6, 6.07) is 2.02. The Balaban J connectivity index is 1.92. The number of anilines is 1. The van der Waals surface area contributed by atoms with Crippen molar-refractivity contribution in [1.29, 1.82) is 0 Å². The summed E-state index contributed by atoms with van der Waals surface area (Å²) in [5.74, 6) is 0.0603. The number of rotatable bonds is 4. The largest absolute Gasteiger partial charge is 0.467 e. The first-order chi connectivity index (χ1) is 11.8. The van der Waals surface area contributed by atoms with Gasteiger partial charge >= 0.3 is 6.18 Å². The van der Waals surface area contributed by atoms with Crippen molar-refractivity contribution >= 4 is 11.7 Å². The molecule has 0 aliphatic carbocycles. The van der Waals surface area contributed by atoms with Gasteiger partial charge in [0.05, 0.1) is 12.3 Å². The molecule has 0 saturated heterocycles. The van der Waals surface area contributed by atoms with Crippen LogP contribution in [0.4, 0.5) is 19.0 Å². The van der Waals surface area contributed by atoms with E-state index in [2.05, 4.69) is 15.7 Å². The first kappa shape index (κ1) is 17.4. The number of fused-ring (bicyclic) bond motifs is 1. The van der Waals surface area contributed by atoms with Crippen LogP contribution in [0.25, 0.3) is 0 Å². The fourth-order valence-corrected chi connectivity index (χ4v) is 2.76. The van der Waals surface area contributed by atoms with Crippen molar-refractivity contribution in [2.75, 3.05) is 5.32 Å². The minimum atomic E-state index is -4.49. The van der Waals surface area contributed by atoms with Gasteiger partial charge in [0.2, 0.25) is 0 Å². The number of aromatic nitrogens is 2. The lowest BCUT2D eigenvalue weighted by Gasteiger charge is -2.32. The van der Waals surface area contributed by atoms with Crippen molar-refractivity contribution in [1.82, 2.24) is 15.1 Å². The average Bonchev–Trinajstić information content (AvgIpc) is 3.21. The van der Waals surface area contributed by atoms with Crippen LogP contribution < -0.4 is 10.6 Å². The number of hydrogen-bond donors (Lipinski definition) is 2. The summed E-state index contributed by atoms with van der Waals surface area (Å²) in [6.45, 7) is 3.72. The molecule has 3 rings (SSSR count). The van der Waals surface area contributed by atoms with Crippen molar-refractivity contribution < 1.29 is 22.4 Å². The van der Waals surface area contributed by atoms with E-state index in [0.717, 1.165) is 4.68 Å². The zero-order chi connectivity index (χ0) is 18.2. The molecule has 2 aromatic rings. The van der Waals surface area contributed by atoms with Gasteiger partial charge < -0.3 is 15.1 Å². The van der Waals surface area contributed by atoms with Crippen LogP contribution in [0.2, 0.25) is 0 Å². The maximum absolute atomic E-state index is 13.5. The monoisotopic (exact) mass is 356 g/mol. The topological polar surface area (TPSA) is 72.1 Å². The Morgan fingerprint density at radius 2 is 2.32 bits per heavy atom. The van der Waals surface area contributed by atoms with E-state index in [1.807, 2.05) is 13.8 Å². The minimum absolute atomic E-state index is 0.0443. The molecule has 25 heavy (non-hydrogen) atoms. The molecule has 0 radical (unpaired) electrons. The van der Waals surface area contributed by atoms with E-state index in [9.17, 15) is 18.0 Å². The van der Waals surface area contributed by atoms with Gasteiger partial charge in [-0.3, -0.25) is 4.79 Å². The molecule has 1 aliphatic heterocycles. The van der Waals surface area contributed by atoms with Crippen molar-refractivity contribution in [3.8, 4) is 0 Å². The molecule has 0 spiro atoms. The fraction of sp³-hybridized carbons (Fsp3) is 0.500. The number of hydrogen-bond acceptors (Lipinski definition) is 4. The van der Waals surface area contributed by atoms with Gasteiger partial charge in [-0.2, -0.15) is 18.3 Å². The smallest absolute Gasteiger partial charge is 0.410 e. The summed E-state index contributed by atoms with van der Waals surface area (Å²) in [5, 5.41) is 9.57. The zero-order valence-corrected chi connectivity index (χ0v) is 13.8. The number of alkyl halides is 3. The van der Waals surface area contributed by atoms with Crippen LogP contribution in [0, 0.1) is 0 Å². The molecular formula is C16H19F3N4O2. The van der Waals surface area contributed by atoms with Gasteiger partial charge in [-0.15, -0.1) is 0 Å². The normalized spacial score (nSPS) is 21.3. The van der Waals surface area contributed by atoms with Crippen LogP contribution in [-0.2, 0) is 0 Å². The van der Waals surface area contributed by atoms with Crippen LogP contribution in [0.3, 0.4) is 0 Å². The second-order valence-corrected chi connectivity index (χ2v) is 6.15. The SMILES string of the molecule is CC[C@@H](C)NC(=O)c1cc2n(n1)[C@@H](C(F)(F)F)C[C@@H](c1ccco1)N2. The molecule has 0 unspecified atom stereocenters. The number of carbonyl (C=O) groups excluding carboxylic acids is 1. The van der Waals surface area contributed by atoms with Crippen molar-refractivity contribution in [2.24, 2.45) is 0 Å². The molecule has 1 amide bonds. The van der Waals surface area contributed by atoms with Crippen LogP contribution >= 0.6 is 0 Å². The van der Waals surface area contributed by atoms with E-state index < -0.39 is 24.2 Å². The van der Waals surface area contributed by atoms with Gasteiger partial charge in [0.25, 0.3) is 5.91 Å². The lowest BCUT2D eigenvalue weighted by atomic mass is 10.0. The summed E-state index contributed by atoms with van der Waals surface area (Å²) in [7, 11) is 0. The number of amides is 1. The quantitative estimate of drug-likeness (QED) is 0.877. The summed E-state index contributed by atoms with van der Waals surface area (Å²) in [4.78, 5) is 12.2. The molecule has 3 atom stereocenters. The Bertz CT molecular complexity index is 739. The molecule has 0 saturated carbocycles. The van der Waals surface area contributed by atoms with E-state index in [1.54, 1.807) is 12.1 Å². The van der Waals surface area contributed by atoms with Gasteiger partial charge in [0, 0.05) is 18.5 Å². The first-order valence-corrected chi connectivity index (χ1v) is 8.06.